The van der Waals surface area contributed by atoms with E-state index in [2.05, 4.69) is 21.4 Å². The van der Waals surface area contributed by atoms with Crippen LogP contribution >= 0.6 is 15.9 Å². The molecule has 3 nitrogen and oxygen atoms in total. The van der Waals surface area contributed by atoms with Gasteiger partial charge >= 0.3 is 6.18 Å². The van der Waals surface area contributed by atoms with Gasteiger partial charge in [-0.15, -0.1) is 0 Å². The Morgan fingerprint density at radius 3 is 2.21 bits per heavy atom. The summed E-state index contributed by atoms with van der Waals surface area (Å²) in [5.74, 6) is -1.94. The minimum Gasteiger partial charge on any atom is -0.319 e. The fourth-order valence-electron chi connectivity index (χ4n) is 3.62. The lowest BCUT2D eigenvalue weighted by Crippen LogP contribution is -2.52. The number of amides is 1. The van der Waals surface area contributed by atoms with Gasteiger partial charge in [-0.05, 0) is 48.2 Å². The smallest absolute Gasteiger partial charge is 0.319 e. The maximum absolute atomic E-state index is 14.0. The summed E-state index contributed by atoms with van der Waals surface area (Å²) in [5.41, 5.74) is 2.78. The van der Waals surface area contributed by atoms with Crippen molar-refractivity contribution >= 4 is 30.2 Å². The first-order valence-electron chi connectivity index (χ1n) is 10.1. The van der Waals surface area contributed by atoms with Crippen molar-refractivity contribution in [3.8, 4) is 0 Å². The number of halogens is 4. The summed E-state index contributed by atoms with van der Waals surface area (Å²) >= 11 is 3.27. The Kier molecular flexibility index (Phi) is 8.01. The number of carbonyl (C=O) groups is 1. The summed E-state index contributed by atoms with van der Waals surface area (Å²) in [7, 11) is -3.01. The Labute approximate surface area is 181 Å². The normalized spacial score (nSPS) is 19.4. The fourth-order valence-corrected chi connectivity index (χ4v) is 6.46. The molecule has 164 valence electrons. The molecule has 1 fully saturated rings. The summed E-state index contributed by atoms with van der Waals surface area (Å²) in [5, 5.41) is -0.494. The minimum atomic E-state index is -4.40. The number of alkyl halides is 3. The van der Waals surface area contributed by atoms with Crippen LogP contribution in [0.15, 0.2) is 28.7 Å². The second-order valence-corrected chi connectivity index (χ2v) is 14.7. The van der Waals surface area contributed by atoms with Gasteiger partial charge < -0.3 is 4.53 Å². The second kappa shape index (κ2) is 9.52. The van der Waals surface area contributed by atoms with Gasteiger partial charge in [-0.2, -0.15) is 13.2 Å². The highest BCUT2D eigenvalue weighted by molar-refractivity contribution is 9.10. The third-order valence-corrected chi connectivity index (χ3v) is 11.6. The van der Waals surface area contributed by atoms with Crippen molar-refractivity contribution in [2.75, 3.05) is 0 Å². The molecule has 1 saturated carbocycles. The third kappa shape index (κ3) is 6.56. The fraction of sp³-hybridized carbons (Fsp3) is 0.667. The number of hydroxylamine groups is 1. The standard InChI is InChI=1S/C21H31BrF3NO2Si/c1-20(2,3)29(4,28-26-19(27)16-8-6-5-7-9-16)14-18(21(23,24)25)15-10-12-17(22)13-11-15/h10-13,16,18H,5-9,14H2,1-4H3,(H,26,27)/t18-,29?/m0/s1. The number of benzene rings is 1. The first-order chi connectivity index (χ1) is 13.3. The average molecular weight is 494 g/mol. The molecule has 0 aromatic heterocycles. The minimum absolute atomic E-state index is 0.105. The lowest BCUT2D eigenvalue weighted by molar-refractivity contribution is -0.147. The molecule has 8 heteroatoms. The average Bonchev–Trinajstić information content (AvgIpc) is 2.64. The lowest BCUT2D eigenvalue weighted by Gasteiger charge is -2.41. The van der Waals surface area contributed by atoms with Gasteiger partial charge in [-0.3, -0.25) is 4.79 Å². The molecule has 1 unspecified atom stereocenters. The van der Waals surface area contributed by atoms with Crippen LogP contribution in [0.25, 0.3) is 0 Å². The molecule has 29 heavy (non-hydrogen) atoms. The molecule has 1 aliphatic carbocycles. The highest BCUT2D eigenvalue weighted by Gasteiger charge is 2.52. The molecule has 2 rings (SSSR count). The molecule has 1 N–H and O–H groups in total. The Hall–Kier alpha value is -0.863. The molecule has 1 aromatic rings. The van der Waals surface area contributed by atoms with Crippen LogP contribution in [0.5, 0.6) is 0 Å². The molecular weight excluding hydrogens is 463 g/mol. The molecule has 0 saturated heterocycles. The quantitative estimate of drug-likeness (QED) is 0.339. The zero-order valence-corrected chi connectivity index (χ0v) is 20.1. The maximum atomic E-state index is 14.0. The summed E-state index contributed by atoms with van der Waals surface area (Å²) in [4.78, 5) is 12.5. The van der Waals surface area contributed by atoms with Gasteiger partial charge in [0.2, 0.25) is 14.2 Å². The van der Waals surface area contributed by atoms with Crippen molar-refractivity contribution in [1.29, 1.82) is 0 Å². The number of hydrogen-bond acceptors (Lipinski definition) is 2. The van der Waals surface area contributed by atoms with E-state index in [1.807, 2.05) is 20.8 Å². The summed E-state index contributed by atoms with van der Waals surface area (Å²) < 4.78 is 48.6. The molecule has 1 amide bonds. The van der Waals surface area contributed by atoms with E-state index in [1.165, 1.54) is 12.1 Å². The highest BCUT2D eigenvalue weighted by atomic mass is 79.9. The summed E-state index contributed by atoms with van der Waals surface area (Å²) in [6.45, 7) is 7.45. The van der Waals surface area contributed by atoms with E-state index in [-0.39, 0.29) is 23.4 Å². The molecule has 0 bridgehead atoms. The van der Waals surface area contributed by atoms with Crippen LogP contribution in [0.1, 0.15) is 64.4 Å². The Morgan fingerprint density at radius 2 is 1.72 bits per heavy atom. The molecule has 1 aliphatic rings. The summed E-state index contributed by atoms with van der Waals surface area (Å²) in [6.07, 6.45) is 0.362. The molecule has 0 heterocycles. The van der Waals surface area contributed by atoms with Gasteiger partial charge in [-0.1, -0.05) is 68.1 Å². The molecule has 0 aliphatic heterocycles. The van der Waals surface area contributed by atoms with E-state index in [0.29, 0.717) is 0 Å². The monoisotopic (exact) mass is 493 g/mol. The van der Waals surface area contributed by atoms with Crippen LogP contribution in [-0.4, -0.2) is 20.4 Å². The molecule has 0 spiro atoms. The van der Waals surface area contributed by atoms with Gasteiger partial charge in [0.15, 0.2) is 0 Å². The number of hydrogen-bond donors (Lipinski definition) is 1. The predicted octanol–water partition coefficient (Wildman–Crippen LogP) is 7.10. The van der Waals surface area contributed by atoms with Gasteiger partial charge in [-0.25, -0.2) is 5.48 Å². The van der Waals surface area contributed by atoms with Crippen molar-refractivity contribution in [3.63, 3.8) is 0 Å². The number of rotatable bonds is 6. The van der Waals surface area contributed by atoms with Crippen LogP contribution in [0, 0.1) is 5.92 Å². The topological polar surface area (TPSA) is 38.3 Å². The van der Waals surface area contributed by atoms with Gasteiger partial charge in [0.1, 0.15) is 0 Å². The van der Waals surface area contributed by atoms with Gasteiger partial charge in [0.05, 0.1) is 5.92 Å². The molecule has 1 aromatic carbocycles. The van der Waals surface area contributed by atoms with E-state index in [9.17, 15) is 18.0 Å². The Balaban J connectivity index is 2.22. The van der Waals surface area contributed by atoms with Crippen LogP contribution < -0.4 is 5.48 Å². The second-order valence-electron chi connectivity index (χ2n) is 9.23. The van der Waals surface area contributed by atoms with Crippen LogP contribution in [0.2, 0.25) is 17.6 Å². The maximum Gasteiger partial charge on any atom is 0.395 e. The first kappa shape index (κ1) is 24.4. The Morgan fingerprint density at radius 1 is 1.17 bits per heavy atom. The zero-order chi connectivity index (χ0) is 21.9. The Bertz CT molecular complexity index is 685. The van der Waals surface area contributed by atoms with Crippen molar-refractivity contribution in [1.82, 2.24) is 5.48 Å². The number of nitrogens with one attached hydrogen (secondary N) is 1. The van der Waals surface area contributed by atoms with Crippen molar-refractivity contribution < 1.29 is 22.5 Å². The van der Waals surface area contributed by atoms with E-state index in [4.69, 9.17) is 4.53 Å². The van der Waals surface area contributed by atoms with Crippen LogP contribution in [-0.2, 0) is 9.32 Å². The van der Waals surface area contributed by atoms with Crippen molar-refractivity contribution in [2.45, 2.75) is 82.6 Å². The van der Waals surface area contributed by atoms with Crippen LogP contribution in [0.3, 0.4) is 0 Å². The van der Waals surface area contributed by atoms with Crippen molar-refractivity contribution in [2.24, 2.45) is 5.92 Å². The molecule has 2 atom stereocenters. The zero-order valence-electron chi connectivity index (χ0n) is 17.5. The molecular formula is C21H31BrF3NO2Si. The lowest BCUT2D eigenvalue weighted by atomic mass is 9.89. The third-order valence-electron chi connectivity index (χ3n) is 6.20. The predicted molar refractivity (Wildman–Crippen MR) is 115 cm³/mol. The van der Waals surface area contributed by atoms with Gasteiger partial charge in [0, 0.05) is 10.4 Å². The molecule has 0 radical (unpaired) electrons. The van der Waals surface area contributed by atoms with E-state index in [0.717, 1.165) is 36.6 Å². The summed E-state index contributed by atoms with van der Waals surface area (Å²) in [6, 6.07) is 6.08. The first-order valence-corrected chi connectivity index (χ1v) is 13.5. The SMILES string of the molecule is CC(C)(C)[Si](C)(C[C@@H](c1ccc(Br)cc1)C(F)(F)F)ONC(=O)C1CCCCC1. The van der Waals surface area contributed by atoms with Crippen molar-refractivity contribution in [3.05, 3.63) is 34.3 Å². The highest BCUT2D eigenvalue weighted by Crippen LogP contribution is 2.48. The largest absolute Gasteiger partial charge is 0.395 e. The van der Waals surface area contributed by atoms with Crippen LogP contribution in [0.4, 0.5) is 13.2 Å². The van der Waals surface area contributed by atoms with Gasteiger partial charge in [0.25, 0.3) is 0 Å². The van der Waals surface area contributed by atoms with E-state index < -0.39 is 25.4 Å². The van der Waals surface area contributed by atoms with E-state index in [1.54, 1.807) is 18.7 Å². The van der Waals surface area contributed by atoms with E-state index >= 15 is 0 Å². The number of carbonyl (C=O) groups excluding carboxylic acids is 1.